The maximum absolute atomic E-state index is 10.7. The Balaban J connectivity index is 1.79. The summed E-state index contributed by atoms with van der Waals surface area (Å²) in [5.74, 6) is 0.838. The van der Waals surface area contributed by atoms with Crippen LogP contribution in [0.2, 0.25) is 0 Å². The van der Waals surface area contributed by atoms with Crippen molar-refractivity contribution >= 4 is 5.91 Å². The summed E-state index contributed by atoms with van der Waals surface area (Å²) in [6.07, 6.45) is 0. The molecule has 0 aliphatic rings. The molecule has 0 aliphatic heterocycles. The molecule has 6 nitrogen and oxygen atoms in total. The number of hydrogen-bond acceptors (Lipinski definition) is 5. The zero-order valence-electron chi connectivity index (χ0n) is 15.1. The lowest BCUT2D eigenvalue weighted by atomic mass is 10.2. The van der Waals surface area contributed by atoms with Crippen LogP contribution in [-0.2, 0) is 16.1 Å². The zero-order chi connectivity index (χ0) is 18.6. The fourth-order valence-electron chi connectivity index (χ4n) is 2.41. The van der Waals surface area contributed by atoms with E-state index in [1.54, 1.807) is 19.2 Å². The van der Waals surface area contributed by atoms with Gasteiger partial charge in [0.15, 0.2) is 6.61 Å². The first-order valence-electron chi connectivity index (χ1n) is 8.56. The summed E-state index contributed by atoms with van der Waals surface area (Å²) in [4.78, 5) is 13.0. The molecular weight excluding hydrogens is 332 g/mol. The molecule has 0 unspecified atom stereocenters. The van der Waals surface area contributed by atoms with Gasteiger partial charge in [0, 0.05) is 26.7 Å². The fraction of sp³-hybridized carbons (Fsp3) is 0.350. The van der Waals surface area contributed by atoms with E-state index in [1.807, 2.05) is 30.3 Å². The molecule has 0 bridgehead atoms. The third-order valence-corrected chi connectivity index (χ3v) is 3.74. The minimum atomic E-state index is -0.500. The number of nitrogens with two attached hydrogens (primary N) is 1. The van der Waals surface area contributed by atoms with Crippen LogP contribution in [-0.4, -0.2) is 50.8 Å². The summed E-state index contributed by atoms with van der Waals surface area (Å²) >= 11 is 0. The molecule has 2 N–H and O–H groups in total. The maximum atomic E-state index is 10.7. The van der Waals surface area contributed by atoms with Crippen LogP contribution in [0.3, 0.4) is 0 Å². The molecule has 0 fully saturated rings. The van der Waals surface area contributed by atoms with E-state index in [1.165, 1.54) is 5.56 Å². The molecule has 1 amide bonds. The monoisotopic (exact) mass is 358 g/mol. The second-order valence-electron chi connectivity index (χ2n) is 5.83. The van der Waals surface area contributed by atoms with Gasteiger partial charge in [-0.15, -0.1) is 0 Å². The average molecular weight is 358 g/mol. The lowest BCUT2D eigenvalue weighted by Crippen LogP contribution is -2.31. The van der Waals surface area contributed by atoms with Crippen molar-refractivity contribution in [1.29, 1.82) is 0 Å². The molecule has 0 radical (unpaired) electrons. The Morgan fingerprint density at radius 1 is 0.923 bits per heavy atom. The highest BCUT2D eigenvalue weighted by Crippen LogP contribution is 2.17. The first kappa shape index (κ1) is 19.8. The Morgan fingerprint density at radius 3 is 2.15 bits per heavy atom. The molecule has 0 aliphatic carbocycles. The molecule has 0 heterocycles. The third-order valence-electron chi connectivity index (χ3n) is 3.74. The Morgan fingerprint density at radius 2 is 1.54 bits per heavy atom. The largest absolute Gasteiger partial charge is 0.492 e. The molecule has 0 spiro atoms. The minimum Gasteiger partial charge on any atom is -0.492 e. The summed E-state index contributed by atoms with van der Waals surface area (Å²) in [6, 6.07) is 17.5. The van der Waals surface area contributed by atoms with Crippen LogP contribution < -0.4 is 15.2 Å². The Kier molecular flexibility index (Phi) is 8.45. The molecule has 140 valence electrons. The van der Waals surface area contributed by atoms with Crippen molar-refractivity contribution in [2.24, 2.45) is 5.73 Å². The van der Waals surface area contributed by atoms with E-state index < -0.39 is 5.91 Å². The minimum absolute atomic E-state index is 0.131. The van der Waals surface area contributed by atoms with Gasteiger partial charge in [-0.2, -0.15) is 0 Å². The smallest absolute Gasteiger partial charge is 0.255 e. The summed E-state index contributed by atoms with van der Waals surface area (Å²) in [5, 5.41) is 0. The van der Waals surface area contributed by atoms with Crippen molar-refractivity contribution in [1.82, 2.24) is 4.90 Å². The number of carbonyl (C=O) groups excluding carboxylic acids is 1. The zero-order valence-corrected chi connectivity index (χ0v) is 15.1. The first-order valence-corrected chi connectivity index (χ1v) is 8.56. The molecule has 2 aromatic carbocycles. The normalized spacial score (nSPS) is 10.7. The van der Waals surface area contributed by atoms with Crippen molar-refractivity contribution < 1.29 is 19.0 Å². The van der Waals surface area contributed by atoms with Gasteiger partial charge in [-0.25, -0.2) is 0 Å². The molecule has 2 rings (SSSR count). The van der Waals surface area contributed by atoms with Crippen LogP contribution in [0.15, 0.2) is 54.6 Å². The number of rotatable bonds is 12. The van der Waals surface area contributed by atoms with Gasteiger partial charge in [-0.3, -0.25) is 9.69 Å². The van der Waals surface area contributed by atoms with Gasteiger partial charge in [0.1, 0.15) is 18.1 Å². The van der Waals surface area contributed by atoms with E-state index in [9.17, 15) is 4.79 Å². The number of methoxy groups -OCH3 is 1. The van der Waals surface area contributed by atoms with Gasteiger partial charge in [-0.05, 0) is 29.8 Å². The van der Waals surface area contributed by atoms with Gasteiger partial charge < -0.3 is 19.9 Å². The van der Waals surface area contributed by atoms with Crippen LogP contribution in [0.1, 0.15) is 5.56 Å². The first-order chi connectivity index (χ1) is 12.7. The number of primary amides is 1. The second kappa shape index (κ2) is 11.1. The average Bonchev–Trinajstić information content (AvgIpc) is 2.66. The number of nitrogens with zero attached hydrogens (tertiary/aromatic N) is 1. The highest BCUT2D eigenvalue weighted by molar-refractivity contribution is 5.75. The molecule has 26 heavy (non-hydrogen) atoms. The van der Waals surface area contributed by atoms with Gasteiger partial charge in [0.05, 0.1) is 6.61 Å². The number of hydrogen-bond donors (Lipinski definition) is 1. The fourth-order valence-corrected chi connectivity index (χ4v) is 2.41. The van der Waals surface area contributed by atoms with Crippen molar-refractivity contribution in [3.8, 4) is 11.5 Å². The molecule has 0 atom stereocenters. The predicted octanol–water partition coefficient (Wildman–Crippen LogP) is 2.08. The lowest BCUT2D eigenvalue weighted by Gasteiger charge is -2.22. The van der Waals surface area contributed by atoms with Crippen LogP contribution in [0.5, 0.6) is 11.5 Å². The summed E-state index contributed by atoms with van der Waals surface area (Å²) < 4.78 is 16.2. The lowest BCUT2D eigenvalue weighted by molar-refractivity contribution is -0.119. The molecule has 0 saturated heterocycles. The molecule has 6 heteroatoms. The summed E-state index contributed by atoms with van der Waals surface area (Å²) in [5.41, 5.74) is 6.32. The maximum Gasteiger partial charge on any atom is 0.255 e. The predicted molar refractivity (Wildman–Crippen MR) is 100 cm³/mol. The molecular formula is C20H26N2O4. The summed E-state index contributed by atoms with van der Waals surface area (Å²) in [6.45, 7) is 3.60. The van der Waals surface area contributed by atoms with E-state index in [0.29, 0.717) is 19.0 Å². The molecule has 0 aromatic heterocycles. The number of benzene rings is 2. The van der Waals surface area contributed by atoms with Crippen molar-refractivity contribution in [2.45, 2.75) is 6.54 Å². The molecule has 0 saturated carbocycles. The quantitative estimate of drug-likeness (QED) is 0.629. The van der Waals surface area contributed by atoms with E-state index in [0.717, 1.165) is 25.4 Å². The van der Waals surface area contributed by atoms with Crippen LogP contribution in [0.4, 0.5) is 0 Å². The van der Waals surface area contributed by atoms with Crippen molar-refractivity contribution in [3.63, 3.8) is 0 Å². The van der Waals surface area contributed by atoms with E-state index in [2.05, 4.69) is 17.0 Å². The summed E-state index contributed by atoms with van der Waals surface area (Å²) in [7, 11) is 1.71. The Labute approximate surface area is 154 Å². The second-order valence-corrected chi connectivity index (χ2v) is 5.83. The Hall–Kier alpha value is -2.57. The van der Waals surface area contributed by atoms with Gasteiger partial charge >= 0.3 is 0 Å². The van der Waals surface area contributed by atoms with Crippen LogP contribution in [0, 0.1) is 0 Å². The Bertz CT molecular complexity index is 647. The van der Waals surface area contributed by atoms with Crippen LogP contribution >= 0.6 is 0 Å². The number of ether oxygens (including phenoxy) is 3. The van der Waals surface area contributed by atoms with Crippen molar-refractivity contribution in [3.05, 3.63) is 60.2 Å². The number of carbonyl (C=O) groups is 1. The molecule has 2 aromatic rings. The standard InChI is InChI=1S/C20H26N2O4/c1-24-13-11-22(15-17-5-3-2-4-6-17)12-14-25-18-7-9-19(10-8-18)26-16-20(21)23/h2-10H,11-16H2,1H3,(H2,21,23). The van der Waals surface area contributed by atoms with E-state index in [4.69, 9.17) is 19.9 Å². The number of amides is 1. The topological polar surface area (TPSA) is 74.0 Å². The highest BCUT2D eigenvalue weighted by atomic mass is 16.5. The van der Waals surface area contributed by atoms with E-state index in [-0.39, 0.29) is 6.61 Å². The third kappa shape index (κ3) is 7.55. The highest BCUT2D eigenvalue weighted by Gasteiger charge is 2.06. The van der Waals surface area contributed by atoms with Crippen molar-refractivity contribution in [2.75, 3.05) is 40.0 Å². The van der Waals surface area contributed by atoms with Gasteiger partial charge in [-0.1, -0.05) is 30.3 Å². The van der Waals surface area contributed by atoms with Crippen LogP contribution in [0.25, 0.3) is 0 Å². The SMILES string of the molecule is COCCN(CCOc1ccc(OCC(N)=O)cc1)Cc1ccccc1. The van der Waals surface area contributed by atoms with Gasteiger partial charge in [0.2, 0.25) is 0 Å². The van der Waals surface area contributed by atoms with E-state index >= 15 is 0 Å². The van der Waals surface area contributed by atoms with Gasteiger partial charge in [0.25, 0.3) is 5.91 Å².